The van der Waals surface area contributed by atoms with Crippen LogP contribution in [0.2, 0.25) is 0 Å². The van der Waals surface area contributed by atoms with Crippen LogP contribution in [0.3, 0.4) is 0 Å². The van der Waals surface area contributed by atoms with Crippen molar-refractivity contribution in [3.05, 3.63) is 36.8 Å². The van der Waals surface area contributed by atoms with E-state index in [4.69, 9.17) is 20.2 Å². The Hall–Kier alpha value is -4.19. The van der Waals surface area contributed by atoms with Crippen LogP contribution in [-0.4, -0.2) is 81.1 Å². The predicted octanol–water partition coefficient (Wildman–Crippen LogP) is 3.65. The first-order chi connectivity index (χ1) is 20.1. The quantitative estimate of drug-likeness (QED) is 0.346. The zero-order valence-electron chi connectivity index (χ0n) is 23.5. The van der Waals surface area contributed by atoms with Gasteiger partial charge >= 0.3 is 0 Å². The van der Waals surface area contributed by atoms with Crippen LogP contribution in [0.4, 0.5) is 23.4 Å². The number of rotatable bonds is 7. The van der Waals surface area contributed by atoms with Crippen molar-refractivity contribution in [2.45, 2.75) is 38.1 Å². The van der Waals surface area contributed by atoms with Gasteiger partial charge in [-0.25, -0.2) is 15.0 Å². The second-order valence-electron chi connectivity index (χ2n) is 11.3. The summed E-state index contributed by atoms with van der Waals surface area (Å²) in [5, 5.41) is 8.50. The standard InChI is InChI=1S/C29H36N10O2/c1-40-24-14-21-22(15-25(24)41-2)32-17-33-27(21)39-28(30)35-29(36-39)34-20-6-7-26(31-16-20)38-9-3-8-37(10-11-38)23-13-18-4-5-19(23)12-18/h6-7,14-19,23H,3-5,8-13H2,1-2H3,(H3,30,34,35,36). The molecule has 3 atom stereocenters. The Bertz CT molecular complexity index is 1540. The zero-order chi connectivity index (χ0) is 27.9. The number of benzene rings is 1. The van der Waals surface area contributed by atoms with E-state index in [-0.39, 0.29) is 5.95 Å². The van der Waals surface area contributed by atoms with E-state index in [0.717, 1.165) is 49.0 Å². The number of nitrogens with two attached hydrogens (primary N) is 1. The van der Waals surface area contributed by atoms with Crippen molar-refractivity contribution in [3.63, 3.8) is 0 Å². The van der Waals surface area contributed by atoms with Gasteiger partial charge in [0.1, 0.15) is 12.1 Å². The molecule has 41 heavy (non-hydrogen) atoms. The van der Waals surface area contributed by atoms with Gasteiger partial charge in [0.05, 0.1) is 31.6 Å². The van der Waals surface area contributed by atoms with Gasteiger partial charge in [0, 0.05) is 43.7 Å². The van der Waals surface area contributed by atoms with Gasteiger partial charge in [-0.05, 0) is 55.7 Å². The number of methoxy groups -OCH3 is 2. The van der Waals surface area contributed by atoms with Crippen LogP contribution in [0.15, 0.2) is 36.8 Å². The molecular weight excluding hydrogens is 520 g/mol. The van der Waals surface area contributed by atoms with Gasteiger partial charge in [0.2, 0.25) is 11.9 Å². The fourth-order valence-corrected chi connectivity index (χ4v) is 7.00. The number of aromatic nitrogens is 6. The molecule has 0 radical (unpaired) electrons. The Kier molecular flexibility index (Phi) is 6.69. The van der Waals surface area contributed by atoms with Crippen LogP contribution in [0, 0.1) is 11.8 Å². The molecule has 0 amide bonds. The fourth-order valence-electron chi connectivity index (χ4n) is 7.00. The smallest absolute Gasteiger partial charge is 0.248 e. The third-order valence-electron chi connectivity index (χ3n) is 8.98. The molecule has 3 unspecified atom stereocenters. The van der Waals surface area contributed by atoms with Crippen molar-refractivity contribution in [1.29, 1.82) is 0 Å². The lowest BCUT2D eigenvalue weighted by atomic mass is 9.94. The lowest BCUT2D eigenvalue weighted by Crippen LogP contribution is -2.41. The lowest BCUT2D eigenvalue weighted by molar-refractivity contribution is 0.152. The van der Waals surface area contributed by atoms with Gasteiger partial charge < -0.3 is 25.4 Å². The molecule has 4 heterocycles. The van der Waals surface area contributed by atoms with E-state index in [1.165, 1.54) is 49.7 Å². The van der Waals surface area contributed by atoms with Gasteiger partial charge in [-0.15, -0.1) is 5.10 Å². The first-order valence-electron chi connectivity index (χ1n) is 14.4. The molecule has 214 valence electrons. The van der Waals surface area contributed by atoms with Gasteiger partial charge in [0.15, 0.2) is 17.3 Å². The second-order valence-corrected chi connectivity index (χ2v) is 11.3. The minimum Gasteiger partial charge on any atom is -0.493 e. The summed E-state index contributed by atoms with van der Waals surface area (Å²) in [6.07, 6.45) is 10.2. The third-order valence-corrected chi connectivity index (χ3v) is 8.98. The monoisotopic (exact) mass is 556 g/mol. The van der Waals surface area contributed by atoms with Crippen molar-refractivity contribution in [1.82, 2.24) is 34.6 Å². The van der Waals surface area contributed by atoms with E-state index in [0.29, 0.717) is 34.2 Å². The number of nitrogens with one attached hydrogen (secondary N) is 1. The Balaban J connectivity index is 1.05. The van der Waals surface area contributed by atoms with Crippen LogP contribution in [0.5, 0.6) is 11.5 Å². The molecule has 12 heteroatoms. The van der Waals surface area contributed by atoms with E-state index in [1.54, 1.807) is 26.4 Å². The SMILES string of the molecule is COc1cc2ncnc(-n3nc(Nc4ccc(N5CCCN(C6CC7CCC6C7)CC5)nc4)nc3N)c2cc1OC. The Labute approximate surface area is 238 Å². The van der Waals surface area contributed by atoms with Gasteiger partial charge in [0.25, 0.3) is 0 Å². The summed E-state index contributed by atoms with van der Waals surface area (Å²) in [6.45, 7) is 4.36. The highest BCUT2D eigenvalue weighted by molar-refractivity contribution is 5.88. The van der Waals surface area contributed by atoms with E-state index in [9.17, 15) is 0 Å². The van der Waals surface area contributed by atoms with E-state index in [1.807, 2.05) is 12.3 Å². The molecule has 3 aromatic heterocycles. The van der Waals surface area contributed by atoms with Crippen LogP contribution >= 0.6 is 0 Å². The third kappa shape index (κ3) is 4.86. The Morgan fingerprint density at radius 2 is 1.83 bits per heavy atom. The average Bonchev–Trinajstić information content (AvgIpc) is 3.68. The van der Waals surface area contributed by atoms with Crippen molar-refractivity contribution in [2.75, 3.05) is 56.3 Å². The number of pyridine rings is 1. The topological polar surface area (TPSA) is 132 Å². The molecule has 7 rings (SSSR count). The molecule has 1 aliphatic heterocycles. The molecule has 12 nitrogen and oxygen atoms in total. The fraction of sp³-hybridized carbons (Fsp3) is 0.483. The molecule has 3 aliphatic rings. The largest absolute Gasteiger partial charge is 0.493 e. The molecule has 2 saturated carbocycles. The second kappa shape index (κ2) is 10.7. The number of nitrogen functional groups attached to an aromatic ring is 1. The summed E-state index contributed by atoms with van der Waals surface area (Å²) in [4.78, 5) is 23.1. The normalized spacial score (nSPS) is 22.7. The van der Waals surface area contributed by atoms with Crippen LogP contribution in [-0.2, 0) is 0 Å². The minimum absolute atomic E-state index is 0.191. The zero-order valence-corrected chi connectivity index (χ0v) is 23.5. The summed E-state index contributed by atoms with van der Waals surface area (Å²) in [5.74, 6) is 5.07. The summed E-state index contributed by atoms with van der Waals surface area (Å²) >= 11 is 0. The molecule has 3 fully saturated rings. The molecule has 3 N–H and O–H groups in total. The Morgan fingerprint density at radius 3 is 2.59 bits per heavy atom. The number of nitrogens with zero attached hydrogens (tertiary/aromatic N) is 8. The highest BCUT2D eigenvalue weighted by Crippen LogP contribution is 2.46. The number of hydrogen-bond acceptors (Lipinski definition) is 11. The van der Waals surface area contributed by atoms with Crippen molar-refractivity contribution in [3.8, 4) is 17.3 Å². The molecule has 2 aliphatic carbocycles. The van der Waals surface area contributed by atoms with Crippen molar-refractivity contribution < 1.29 is 9.47 Å². The Morgan fingerprint density at radius 1 is 0.951 bits per heavy atom. The molecule has 1 aromatic carbocycles. The molecule has 1 saturated heterocycles. The predicted molar refractivity (Wildman–Crippen MR) is 157 cm³/mol. The molecule has 0 spiro atoms. The molecule has 4 aromatic rings. The van der Waals surface area contributed by atoms with E-state index >= 15 is 0 Å². The van der Waals surface area contributed by atoms with Gasteiger partial charge in [-0.2, -0.15) is 9.67 Å². The summed E-state index contributed by atoms with van der Waals surface area (Å²) in [5.41, 5.74) is 7.72. The molecule has 2 bridgehead atoms. The van der Waals surface area contributed by atoms with Crippen LogP contribution in [0.25, 0.3) is 16.7 Å². The van der Waals surface area contributed by atoms with E-state index in [2.05, 4.69) is 41.2 Å². The first-order valence-corrected chi connectivity index (χ1v) is 14.4. The number of hydrogen-bond donors (Lipinski definition) is 2. The van der Waals surface area contributed by atoms with Crippen molar-refractivity contribution in [2.24, 2.45) is 11.8 Å². The van der Waals surface area contributed by atoms with Crippen molar-refractivity contribution >= 4 is 34.3 Å². The van der Waals surface area contributed by atoms with Gasteiger partial charge in [-0.1, -0.05) is 6.42 Å². The number of ether oxygens (including phenoxy) is 2. The summed E-state index contributed by atoms with van der Waals surface area (Å²) in [7, 11) is 3.17. The van der Waals surface area contributed by atoms with E-state index < -0.39 is 0 Å². The molecular formula is C29H36N10O2. The summed E-state index contributed by atoms with van der Waals surface area (Å²) < 4.78 is 12.4. The van der Waals surface area contributed by atoms with Gasteiger partial charge in [-0.3, -0.25) is 4.90 Å². The number of fused-ring (bicyclic) bond motifs is 3. The van der Waals surface area contributed by atoms with Crippen LogP contribution in [0.1, 0.15) is 32.1 Å². The van der Waals surface area contributed by atoms with Crippen LogP contribution < -0.4 is 25.4 Å². The lowest BCUT2D eigenvalue weighted by Gasteiger charge is -2.33. The average molecular weight is 557 g/mol. The highest BCUT2D eigenvalue weighted by Gasteiger charge is 2.42. The minimum atomic E-state index is 0.191. The maximum Gasteiger partial charge on any atom is 0.248 e. The number of anilines is 4. The maximum absolute atomic E-state index is 6.26. The highest BCUT2D eigenvalue weighted by atomic mass is 16.5. The summed E-state index contributed by atoms with van der Waals surface area (Å²) in [6, 6.07) is 8.47. The first kappa shape index (κ1) is 25.8. The maximum atomic E-state index is 6.26.